The molecule has 0 radical (unpaired) electrons. The van der Waals surface area contributed by atoms with Gasteiger partial charge in [-0.15, -0.1) is 0 Å². The number of nitro groups is 1. The third-order valence-corrected chi connectivity index (χ3v) is 4.33. The smallest absolute Gasteiger partial charge is 0.278 e. The van der Waals surface area contributed by atoms with Crippen LogP contribution in [0.4, 0.5) is 11.4 Å². The summed E-state index contributed by atoms with van der Waals surface area (Å²) in [5.41, 5.74) is 1.71. The number of nitrogens with zero attached hydrogens (tertiary/aromatic N) is 2. The van der Waals surface area contributed by atoms with Gasteiger partial charge in [0.2, 0.25) is 0 Å². The van der Waals surface area contributed by atoms with Crippen molar-refractivity contribution in [2.75, 3.05) is 5.32 Å². The zero-order valence-electron chi connectivity index (χ0n) is 15.1. The Morgan fingerprint density at radius 1 is 1.25 bits per heavy atom. The van der Waals surface area contributed by atoms with Crippen molar-refractivity contribution < 1.29 is 19.0 Å². The molecular weight excluding hydrogens is 386 g/mol. The van der Waals surface area contributed by atoms with Gasteiger partial charge in [0.15, 0.2) is 5.69 Å². The van der Waals surface area contributed by atoms with E-state index in [4.69, 9.17) is 20.9 Å². The van der Waals surface area contributed by atoms with Gasteiger partial charge in [0.05, 0.1) is 21.2 Å². The molecule has 0 unspecified atom stereocenters. The lowest BCUT2D eigenvalue weighted by Crippen LogP contribution is -2.15. The monoisotopic (exact) mass is 401 g/mol. The minimum Gasteiger partial charge on any atom is -0.489 e. The van der Waals surface area contributed by atoms with E-state index in [1.807, 2.05) is 31.2 Å². The van der Waals surface area contributed by atoms with Crippen molar-refractivity contribution in [3.63, 3.8) is 0 Å². The Labute approximate surface area is 165 Å². The van der Waals surface area contributed by atoms with Crippen molar-refractivity contribution in [1.29, 1.82) is 0 Å². The van der Waals surface area contributed by atoms with E-state index in [2.05, 4.69) is 10.5 Å². The van der Waals surface area contributed by atoms with E-state index in [-0.39, 0.29) is 28.7 Å². The normalized spacial score (nSPS) is 10.5. The number of hydrogen-bond acceptors (Lipinski definition) is 6. The maximum absolute atomic E-state index is 12.6. The molecule has 0 aliphatic carbocycles. The van der Waals surface area contributed by atoms with Gasteiger partial charge in [-0.25, -0.2) is 0 Å². The van der Waals surface area contributed by atoms with Crippen molar-refractivity contribution in [2.45, 2.75) is 20.5 Å². The first-order chi connectivity index (χ1) is 13.3. The fraction of sp³-hybridized carbons (Fsp3) is 0.158. The highest BCUT2D eigenvalue weighted by Gasteiger charge is 2.22. The van der Waals surface area contributed by atoms with Crippen molar-refractivity contribution in [3.05, 3.63) is 80.2 Å². The largest absolute Gasteiger partial charge is 0.489 e. The highest BCUT2D eigenvalue weighted by molar-refractivity contribution is 6.34. The van der Waals surface area contributed by atoms with Gasteiger partial charge in [0, 0.05) is 12.1 Å². The fourth-order valence-electron chi connectivity index (χ4n) is 2.43. The van der Waals surface area contributed by atoms with E-state index in [0.29, 0.717) is 17.1 Å². The van der Waals surface area contributed by atoms with Gasteiger partial charge in [-0.3, -0.25) is 14.9 Å². The van der Waals surface area contributed by atoms with Crippen LogP contribution in [0.5, 0.6) is 5.75 Å². The maximum atomic E-state index is 12.6. The van der Waals surface area contributed by atoms with E-state index in [1.165, 1.54) is 12.1 Å². The van der Waals surface area contributed by atoms with Crippen LogP contribution in [0.15, 0.2) is 47.0 Å². The summed E-state index contributed by atoms with van der Waals surface area (Å²) in [5, 5.41) is 17.2. The topological polar surface area (TPSA) is 108 Å². The van der Waals surface area contributed by atoms with Gasteiger partial charge < -0.3 is 14.6 Å². The molecule has 0 atom stereocenters. The fourth-order valence-corrected chi connectivity index (χ4v) is 2.65. The van der Waals surface area contributed by atoms with Crippen LogP contribution in [0.3, 0.4) is 0 Å². The van der Waals surface area contributed by atoms with Crippen LogP contribution in [-0.2, 0) is 6.61 Å². The second-order valence-corrected chi connectivity index (χ2v) is 6.45. The van der Waals surface area contributed by atoms with Gasteiger partial charge >= 0.3 is 0 Å². The number of amides is 1. The summed E-state index contributed by atoms with van der Waals surface area (Å²) in [6, 6.07) is 11.3. The molecule has 3 aromatic rings. The number of nitrogens with one attached hydrogen (secondary N) is 1. The number of benzene rings is 2. The van der Waals surface area contributed by atoms with E-state index < -0.39 is 10.8 Å². The molecule has 0 saturated carbocycles. The first-order valence-corrected chi connectivity index (χ1v) is 8.63. The summed E-state index contributed by atoms with van der Waals surface area (Å²) in [6.45, 7) is 3.74. The van der Waals surface area contributed by atoms with Crippen LogP contribution < -0.4 is 10.1 Å². The van der Waals surface area contributed by atoms with Gasteiger partial charge in [-0.2, -0.15) is 0 Å². The number of aromatic nitrogens is 1. The summed E-state index contributed by atoms with van der Waals surface area (Å²) >= 11 is 6.02. The average Bonchev–Trinajstić information content (AvgIpc) is 3.03. The van der Waals surface area contributed by atoms with Gasteiger partial charge in [0.1, 0.15) is 18.1 Å². The highest BCUT2D eigenvalue weighted by Crippen LogP contribution is 2.27. The third kappa shape index (κ3) is 4.29. The number of rotatable bonds is 6. The van der Waals surface area contributed by atoms with E-state index in [9.17, 15) is 14.9 Å². The molecule has 2 aromatic carbocycles. The standard InChI is InChI=1S/C19H16ClN3O5/c1-11-3-6-14(7-4-11)27-10-15-12(2)28-22-18(15)19(24)21-17-8-5-13(23(25)26)9-16(17)20/h3-9H,10H2,1-2H3,(H,21,24). The Hall–Kier alpha value is -3.39. The number of ether oxygens (including phenoxy) is 1. The number of carbonyl (C=O) groups is 1. The molecule has 8 nitrogen and oxygen atoms in total. The van der Waals surface area contributed by atoms with Crippen molar-refractivity contribution in [2.24, 2.45) is 0 Å². The summed E-state index contributed by atoms with van der Waals surface area (Å²) in [7, 11) is 0. The first kappa shape index (κ1) is 19.4. The van der Waals surface area contributed by atoms with Gasteiger partial charge in [-0.1, -0.05) is 34.5 Å². The molecule has 1 N–H and O–H groups in total. The Morgan fingerprint density at radius 3 is 2.61 bits per heavy atom. The zero-order valence-corrected chi connectivity index (χ0v) is 15.8. The van der Waals surface area contributed by atoms with Gasteiger partial charge in [-0.05, 0) is 32.0 Å². The molecule has 9 heteroatoms. The molecule has 144 valence electrons. The Balaban J connectivity index is 1.76. The van der Waals surface area contributed by atoms with Crippen LogP contribution in [-0.4, -0.2) is 16.0 Å². The molecule has 0 saturated heterocycles. The SMILES string of the molecule is Cc1ccc(OCc2c(C(=O)Nc3ccc([N+](=O)[O-])cc3Cl)noc2C)cc1. The van der Waals surface area contributed by atoms with E-state index >= 15 is 0 Å². The number of non-ortho nitro benzene ring substituents is 1. The number of nitro benzene ring substituents is 1. The summed E-state index contributed by atoms with van der Waals surface area (Å²) in [5.74, 6) is 0.540. The minimum atomic E-state index is -0.570. The van der Waals surface area contributed by atoms with Crippen molar-refractivity contribution in [3.8, 4) is 5.75 Å². The molecule has 0 fully saturated rings. The summed E-state index contributed by atoms with van der Waals surface area (Å²) in [6.07, 6.45) is 0. The first-order valence-electron chi connectivity index (χ1n) is 8.25. The van der Waals surface area contributed by atoms with Crippen LogP contribution in [0.25, 0.3) is 0 Å². The predicted molar refractivity (Wildman–Crippen MR) is 103 cm³/mol. The highest BCUT2D eigenvalue weighted by atomic mass is 35.5. The Bertz CT molecular complexity index is 1030. The molecule has 1 aromatic heterocycles. The molecule has 0 aliphatic heterocycles. The quantitative estimate of drug-likeness (QED) is 0.474. The predicted octanol–water partition coefficient (Wildman–Crippen LogP) is 4.68. The third-order valence-electron chi connectivity index (χ3n) is 4.02. The molecule has 28 heavy (non-hydrogen) atoms. The second-order valence-electron chi connectivity index (χ2n) is 6.04. The number of halogens is 1. The summed E-state index contributed by atoms with van der Waals surface area (Å²) < 4.78 is 10.8. The van der Waals surface area contributed by atoms with Gasteiger partial charge in [0.25, 0.3) is 11.6 Å². The molecule has 1 amide bonds. The molecular formula is C19H16ClN3O5. The van der Waals surface area contributed by atoms with Crippen LogP contribution >= 0.6 is 11.6 Å². The molecule has 3 rings (SSSR count). The van der Waals surface area contributed by atoms with Crippen molar-refractivity contribution in [1.82, 2.24) is 5.16 Å². The van der Waals surface area contributed by atoms with Crippen LogP contribution in [0.2, 0.25) is 5.02 Å². The number of hydrogen-bond donors (Lipinski definition) is 1. The molecule has 1 heterocycles. The lowest BCUT2D eigenvalue weighted by atomic mass is 10.2. The average molecular weight is 402 g/mol. The zero-order chi connectivity index (χ0) is 20.3. The Morgan fingerprint density at radius 2 is 1.96 bits per heavy atom. The Kier molecular flexibility index (Phi) is 5.60. The maximum Gasteiger partial charge on any atom is 0.278 e. The van der Waals surface area contributed by atoms with E-state index in [1.54, 1.807) is 6.92 Å². The molecule has 0 spiro atoms. The minimum absolute atomic E-state index is 0.0419. The molecule has 0 bridgehead atoms. The van der Waals surface area contributed by atoms with Crippen molar-refractivity contribution >= 4 is 28.9 Å². The summed E-state index contributed by atoms with van der Waals surface area (Å²) in [4.78, 5) is 22.8. The van der Waals surface area contributed by atoms with Crippen LogP contribution in [0.1, 0.15) is 27.4 Å². The lowest BCUT2D eigenvalue weighted by molar-refractivity contribution is -0.384. The number of anilines is 1. The number of aryl methyl sites for hydroxylation is 2. The lowest BCUT2D eigenvalue weighted by Gasteiger charge is -2.08. The van der Waals surface area contributed by atoms with Crippen LogP contribution in [0, 0.1) is 24.0 Å². The van der Waals surface area contributed by atoms with E-state index in [0.717, 1.165) is 11.6 Å². The second kappa shape index (κ2) is 8.10. The number of carbonyl (C=O) groups excluding carboxylic acids is 1. The molecule has 0 aliphatic rings.